The highest BCUT2D eigenvalue weighted by Gasteiger charge is 2.12. The van der Waals surface area contributed by atoms with Gasteiger partial charge in [-0.25, -0.2) is 8.78 Å². The maximum atomic E-state index is 13.3. The number of hydrogen-bond donors (Lipinski definition) is 0. The summed E-state index contributed by atoms with van der Waals surface area (Å²) in [6, 6.07) is 9.66. The highest BCUT2D eigenvalue weighted by molar-refractivity contribution is 9.10. The molecule has 2 nitrogen and oxygen atoms in total. The fraction of sp³-hybridized carbons (Fsp3) is 0.0714. The molecule has 0 amide bonds. The van der Waals surface area contributed by atoms with Gasteiger partial charge in [0.15, 0.2) is 18.2 Å². The number of rotatable bonds is 4. The Balaban J connectivity index is 2.09. The van der Waals surface area contributed by atoms with E-state index in [0.717, 1.165) is 18.2 Å². The summed E-state index contributed by atoms with van der Waals surface area (Å²) < 4.78 is 31.8. The number of Topliss-reactive ketones (excluding diaryl/α,β-unsaturated/α-hetero) is 1. The van der Waals surface area contributed by atoms with E-state index in [1.807, 2.05) is 0 Å². The lowest BCUT2D eigenvalue weighted by Crippen LogP contribution is -2.12. The lowest BCUT2D eigenvalue weighted by molar-refractivity contribution is 0.0917. The van der Waals surface area contributed by atoms with Crippen LogP contribution < -0.4 is 4.74 Å². The maximum absolute atomic E-state index is 13.3. The Morgan fingerprint density at radius 1 is 1.16 bits per heavy atom. The molecule has 2 aromatic carbocycles. The van der Waals surface area contributed by atoms with Crippen molar-refractivity contribution in [1.82, 2.24) is 0 Å². The van der Waals surface area contributed by atoms with Gasteiger partial charge in [-0.05, 0) is 18.2 Å². The first-order valence-electron chi connectivity index (χ1n) is 5.43. The van der Waals surface area contributed by atoms with Crippen LogP contribution in [-0.4, -0.2) is 12.4 Å². The zero-order valence-electron chi connectivity index (χ0n) is 9.70. The van der Waals surface area contributed by atoms with E-state index in [0.29, 0.717) is 10.0 Å². The standard InChI is InChI=1S/C14H9BrF2O2/c15-11-4-2-1-3-10(11)13(18)8-19-14-7-9(16)5-6-12(14)17/h1-7H,8H2. The average molecular weight is 327 g/mol. The van der Waals surface area contributed by atoms with Crippen molar-refractivity contribution in [3.63, 3.8) is 0 Å². The molecular formula is C14H9BrF2O2. The molecule has 0 spiro atoms. The van der Waals surface area contributed by atoms with Gasteiger partial charge in [0.1, 0.15) is 5.82 Å². The van der Waals surface area contributed by atoms with E-state index >= 15 is 0 Å². The molecule has 0 atom stereocenters. The van der Waals surface area contributed by atoms with Crippen molar-refractivity contribution in [2.24, 2.45) is 0 Å². The molecule has 0 radical (unpaired) electrons. The van der Waals surface area contributed by atoms with Crippen LogP contribution in [0.1, 0.15) is 10.4 Å². The first kappa shape index (κ1) is 13.7. The van der Waals surface area contributed by atoms with E-state index in [-0.39, 0.29) is 18.1 Å². The zero-order valence-corrected chi connectivity index (χ0v) is 11.3. The molecule has 0 fully saturated rings. The molecule has 0 heterocycles. The first-order valence-corrected chi connectivity index (χ1v) is 6.23. The Kier molecular flexibility index (Phi) is 4.27. The fourth-order valence-corrected chi connectivity index (χ4v) is 2.00. The molecule has 2 aromatic rings. The van der Waals surface area contributed by atoms with Gasteiger partial charge in [-0.2, -0.15) is 0 Å². The molecule has 0 saturated carbocycles. The van der Waals surface area contributed by atoms with Crippen molar-refractivity contribution >= 4 is 21.7 Å². The van der Waals surface area contributed by atoms with Crippen molar-refractivity contribution in [2.45, 2.75) is 0 Å². The van der Waals surface area contributed by atoms with Gasteiger partial charge in [-0.3, -0.25) is 4.79 Å². The van der Waals surface area contributed by atoms with Crippen LogP contribution in [0.15, 0.2) is 46.9 Å². The number of carbonyl (C=O) groups is 1. The van der Waals surface area contributed by atoms with Crippen molar-refractivity contribution in [3.05, 3.63) is 64.1 Å². The van der Waals surface area contributed by atoms with E-state index in [1.54, 1.807) is 24.3 Å². The summed E-state index contributed by atoms with van der Waals surface area (Å²) in [5, 5.41) is 0. The Morgan fingerprint density at radius 3 is 2.63 bits per heavy atom. The van der Waals surface area contributed by atoms with E-state index in [9.17, 15) is 13.6 Å². The summed E-state index contributed by atoms with van der Waals surface area (Å²) in [6.45, 7) is -0.358. The van der Waals surface area contributed by atoms with Crippen LogP contribution in [0.4, 0.5) is 8.78 Å². The van der Waals surface area contributed by atoms with Gasteiger partial charge < -0.3 is 4.74 Å². The van der Waals surface area contributed by atoms with Gasteiger partial charge in [-0.15, -0.1) is 0 Å². The number of carbonyl (C=O) groups excluding carboxylic acids is 1. The predicted octanol–water partition coefficient (Wildman–Crippen LogP) is 3.99. The number of hydrogen-bond acceptors (Lipinski definition) is 2. The molecular weight excluding hydrogens is 318 g/mol. The molecule has 0 aliphatic heterocycles. The molecule has 0 saturated heterocycles. The minimum atomic E-state index is -0.707. The Bertz CT molecular complexity index is 614. The van der Waals surface area contributed by atoms with E-state index in [1.165, 1.54) is 0 Å². The van der Waals surface area contributed by atoms with Gasteiger partial charge in [0, 0.05) is 16.1 Å². The topological polar surface area (TPSA) is 26.3 Å². The van der Waals surface area contributed by atoms with Crippen molar-refractivity contribution in [1.29, 1.82) is 0 Å². The average Bonchev–Trinajstić information content (AvgIpc) is 2.40. The van der Waals surface area contributed by atoms with Crippen LogP contribution in [0.3, 0.4) is 0 Å². The van der Waals surface area contributed by atoms with Crippen molar-refractivity contribution in [3.8, 4) is 5.75 Å². The lowest BCUT2D eigenvalue weighted by atomic mass is 10.1. The Morgan fingerprint density at radius 2 is 1.89 bits per heavy atom. The quantitative estimate of drug-likeness (QED) is 0.794. The molecule has 2 rings (SSSR count). The number of halogens is 3. The van der Waals surface area contributed by atoms with Gasteiger partial charge in [0.25, 0.3) is 0 Å². The third-order valence-electron chi connectivity index (χ3n) is 2.43. The number of ketones is 1. The lowest BCUT2D eigenvalue weighted by Gasteiger charge is -2.07. The normalized spacial score (nSPS) is 10.3. The molecule has 0 aromatic heterocycles. The third kappa shape index (κ3) is 3.38. The molecule has 0 aliphatic carbocycles. The molecule has 19 heavy (non-hydrogen) atoms. The second-order valence-corrected chi connectivity index (χ2v) is 4.62. The smallest absolute Gasteiger partial charge is 0.201 e. The second-order valence-electron chi connectivity index (χ2n) is 3.77. The van der Waals surface area contributed by atoms with Crippen molar-refractivity contribution < 1.29 is 18.3 Å². The third-order valence-corrected chi connectivity index (χ3v) is 3.12. The van der Waals surface area contributed by atoms with Crippen LogP contribution >= 0.6 is 15.9 Å². The van der Waals surface area contributed by atoms with E-state index in [4.69, 9.17) is 4.74 Å². The summed E-state index contributed by atoms with van der Waals surface area (Å²) in [5.74, 6) is -1.93. The molecule has 5 heteroatoms. The zero-order chi connectivity index (χ0) is 13.8. The summed E-state index contributed by atoms with van der Waals surface area (Å²) in [4.78, 5) is 11.9. The summed E-state index contributed by atoms with van der Waals surface area (Å²) in [7, 11) is 0. The van der Waals surface area contributed by atoms with Crippen LogP contribution in [0, 0.1) is 11.6 Å². The minimum Gasteiger partial charge on any atom is -0.482 e. The van der Waals surface area contributed by atoms with Gasteiger partial charge >= 0.3 is 0 Å². The fourth-order valence-electron chi connectivity index (χ4n) is 1.50. The van der Waals surface area contributed by atoms with Crippen LogP contribution in [0.25, 0.3) is 0 Å². The van der Waals surface area contributed by atoms with Crippen LogP contribution in [0.5, 0.6) is 5.75 Å². The Labute approximate surface area is 117 Å². The van der Waals surface area contributed by atoms with Crippen LogP contribution in [-0.2, 0) is 0 Å². The summed E-state index contributed by atoms with van der Waals surface area (Å²) in [6.07, 6.45) is 0. The number of benzene rings is 2. The van der Waals surface area contributed by atoms with Crippen LogP contribution in [0.2, 0.25) is 0 Å². The highest BCUT2D eigenvalue weighted by Crippen LogP contribution is 2.20. The van der Waals surface area contributed by atoms with Gasteiger partial charge in [0.05, 0.1) is 0 Å². The summed E-state index contributed by atoms with van der Waals surface area (Å²) in [5.41, 5.74) is 0.430. The second kappa shape index (κ2) is 5.93. The molecule has 98 valence electrons. The van der Waals surface area contributed by atoms with Crippen molar-refractivity contribution in [2.75, 3.05) is 6.61 Å². The van der Waals surface area contributed by atoms with E-state index in [2.05, 4.69) is 15.9 Å². The number of ether oxygens (including phenoxy) is 1. The molecule has 0 unspecified atom stereocenters. The molecule has 0 N–H and O–H groups in total. The SMILES string of the molecule is O=C(COc1cc(F)ccc1F)c1ccccc1Br. The molecule has 0 bridgehead atoms. The monoisotopic (exact) mass is 326 g/mol. The highest BCUT2D eigenvalue weighted by atomic mass is 79.9. The van der Waals surface area contributed by atoms with Gasteiger partial charge in [-0.1, -0.05) is 34.1 Å². The maximum Gasteiger partial charge on any atom is 0.201 e. The van der Waals surface area contributed by atoms with E-state index < -0.39 is 11.6 Å². The first-order chi connectivity index (χ1) is 9.08. The summed E-state index contributed by atoms with van der Waals surface area (Å²) >= 11 is 3.24. The van der Waals surface area contributed by atoms with Gasteiger partial charge in [0.2, 0.25) is 5.78 Å². The molecule has 0 aliphatic rings. The largest absolute Gasteiger partial charge is 0.482 e. The minimum absolute atomic E-state index is 0.277. The Hall–Kier alpha value is -1.75. The predicted molar refractivity (Wildman–Crippen MR) is 70.3 cm³/mol.